The first-order valence-electron chi connectivity index (χ1n) is 7.18. The van der Waals surface area contributed by atoms with Crippen LogP contribution in [-0.4, -0.2) is 23.9 Å². The van der Waals surface area contributed by atoms with Crippen molar-refractivity contribution in [3.8, 4) is 0 Å². The molecule has 1 atom stereocenters. The van der Waals surface area contributed by atoms with Crippen LogP contribution in [0.4, 0.5) is 5.69 Å². The summed E-state index contributed by atoms with van der Waals surface area (Å²) in [5.74, 6) is -0.468. The van der Waals surface area contributed by atoms with Gasteiger partial charge in [-0.25, -0.2) is 0 Å². The number of hydrogen-bond donors (Lipinski definition) is 3. The maximum absolute atomic E-state index is 12.1. The lowest BCUT2D eigenvalue weighted by atomic mass is 10.1. The highest BCUT2D eigenvalue weighted by Gasteiger charge is 2.25. The Morgan fingerprint density at radius 2 is 2.09 bits per heavy atom. The van der Waals surface area contributed by atoms with Gasteiger partial charge in [0.1, 0.15) is 0 Å². The van der Waals surface area contributed by atoms with Crippen LogP contribution in [0.15, 0.2) is 18.2 Å². The smallest absolute Gasteiger partial charge is 0.253 e. The SMILES string of the molecule is CCCC(N)C(=O)Nc1ccc(Cl)c(C(=O)NC2CC2)c1.Cl. The summed E-state index contributed by atoms with van der Waals surface area (Å²) in [4.78, 5) is 23.9. The molecular weight excluding hydrogens is 325 g/mol. The molecule has 0 saturated heterocycles. The van der Waals surface area contributed by atoms with Crippen molar-refractivity contribution in [1.82, 2.24) is 5.32 Å². The van der Waals surface area contributed by atoms with Crippen LogP contribution in [0.25, 0.3) is 0 Å². The summed E-state index contributed by atoms with van der Waals surface area (Å²) >= 11 is 6.05. The van der Waals surface area contributed by atoms with Crippen LogP contribution >= 0.6 is 24.0 Å². The minimum absolute atomic E-state index is 0. The second-order valence-corrected chi connectivity index (χ2v) is 5.73. The fourth-order valence-electron chi connectivity index (χ4n) is 1.94. The van der Waals surface area contributed by atoms with Crippen molar-refractivity contribution < 1.29 is 9.59 Å². The molecule has 22 heavy (non-hydrogen) atoms. The highest BCUT2D eigenvalue weighted by Crippen LogP contribution is 2.24. The summed E-state index contributed by atoms with van der Waals surface area (Å²) in [5, 5.41) is 5.95. The minimum atomic E-state index is -0.547. The van der Waals surface area contributed by atoms with E-state index in [0.29, 0.717) is 22.7 Å². The van der Waals surface area contributed by atoms with Crippen LogP contribution in [0.3, 0.4) is 0 Å². The van der Waals surface area contributed by atoms with Gasteiger partial charge in [0.2, 0.25) is 5.91 Å². The van der Waals surface area contributed by atoms with Gasteiger partial charge in [-0.1, -0.05) is 24.9 Å². The first kappa shape index (κ1) is 18.7. The van der Waals surface area contributed by atoms with Crippen LogP contribution in [0, 0.1) is 0 Å². The molecule has 7 heteroatoms. The molecule has 0 aliphatic heterocycles. The predicted molar refractivity (Wildman–Crippen MR) is 90.7 cm³/mol. The summed E-state index contributed by atoms with van der Waals surface area (Å²) in [6, 6.07) is 4.55. The number of benzene rings is 1. The number of anilines is 1. The van der Waals surface area contributed by atoms with Gasteiger partial charge in [-0.3, -0.25) is 9.59 Å². The van der Waals surface area contributed by atoms with Crippen molar-refractivity contribution in [2.24, 2.45) is 5.73 Å². The second kappa shape index (κ2) is 8.36. The number of rotatable bonds is 6. The molecule has 5 nitrogen and oxygen atoms in total. The Hall–Kier alpha value is -1.30. The van der Waals surface area contributed by atoms with E-state index in [1.165, 1.54) is 0 Å². The molecule has 1 aliphatic carbocycles. The first-order chi connectivity index (χ1) is 10.0. The third-order valence-corrected chi connectivity index (χ3v) is 3.66. The van der Waals surface area contributed by atoms with Gasteiger partial charge in [-0.2, -0.15) is 0 Å². The Labute approximate surface area is 141 Å². The van der Waals surface area contributed by atoms with E-state index < -0.39 is 6.04 Å². The molecule has 1 aromatic rings. The summed E-state index contributed by atoms with van der Waals surface area (Å²) in [7, 11) is 0. The number of amides is 2. The molecule has 1 aliphatic rings. The summed E-state index contributed by atoms with van der Waals surface area (Å²) in [5.41, 5.74) is 6.65. The van der Waals surface area contributed by atoms with Gasteiger partial charge in [-0.05, 0) is 37.5 Å². The third-order valence-electron chi connectivity index (χ3n) is 3.33. The van der Waals surface area contributed by atoms with E-state index in [0.717, 1.165) is 19.3 Å². The van der Waals surface area contributed by atoms with Crippen molar-refractivity contribution in [1.29, 1.82) is 0 Å². The predicted octanol–water partition coefficient (Wildman–Crippen LogP) is 2.72. The van der Waals surface area contributed by atoms with Gasteiger partial charge >= 0.3 is 0 Å². The van der Waals surface area contributed by atoms with E-state index in [4.69, 9.17) is 17.3 Å². The number of hydrogen-bond acceptors (Lipinski definition) is 3. The van der Waals surface area contributed by atoms with E-state index in [9.17, 15) is 9.59 Å². The average molecular weight is 346 g/mol. The Morgan fingerprint density at radius 1 is 1.41 bits per heavy atom. The molecule has 122 valence electrons. The van der Waals surface area contributed by atoms with Crippen molar-refractivity contribution in [2.75, 3.05) is 5.32 Å². The fourth-order valence-corrected chi connectivity index (χ4v) is 2.15. The normalized spacial score (nSPS) is 14.7. The van der Waals surface area contributed by atoms with E-state index in [-0.39, 0.29) is 30.3 Å². The molecule has 0 heterocycles. The summed E-state index contributed by atoms with van der Waals surface area (Å²) in [6.45, 7) is 1.97. The van der Waals surface area contributed by atoms with Gasteiger partial charge < -0.3 is 16.4 Å². The monoisotopic (exact) mass is 345 g/mol. The van der Waals surface area contributed by atoms with Gasteiger partial charge in [-0.15, -0.1) is 12.4 Å². The molecule has 0 radical (unpaired) electrons. The van der Waals surface area contributed by atoms with Crippen molar-refractivity contribution >= 4 is 41.5 Å². The van der Waals surface area contributed by atoms with Crippen LogP contribution in [0.5, 0.6) is 0 Å². The molecule has 0 aromatic heterocycles. The molecule has 1 aromatic carbocycles. The highest BCUT2D eigenvalue weighted by molar-refractivity contribution is 6.34. The van der Waals surface area contributed by atoms with Crippen molar-refractivity contribution in [2.45, 2.75) is 44.7 Å². The lowest BCUT2D eigenvalue weighted by Gasteiger charge is -2.13. The zero-order chi connectivity index (χ0) is 15.4. The zero-order valence-electron chi connectivity index (χ0n) is 12.4. The van der Waals surface area contributed by atoms with Crippen LogP contribution < -0.4 is 16.4 Å². The van der Waals surface area contributed by atoms with Crippen LogP contribution in [0.1, 0.15) is 43.0 Å². The molecule has 2 amide bonds. The molecule has 1 saturated carbocycles. The maximum atomic E-state index is 12.1. The van der Waals surface area contributed by atoms with E-state index >= 15 is 0 Å². The molecule has 0 spiro atoms. The average Bonchev–Trinajstić information content (AvgIpc) is 3.25. The Morgan fingerprint density at radius 3 is 2.68 bits per heavy atom. The van der Waals surface area contributed by atoms with Crippen molar-refractivity contribution in [3.05, 3.63) is 28.8 Å². The van der Waals surface area contributed by atoms with E-state index in [2.05, 4.69) is 10.6 Å². The largest absolute Gasteiger partial charge is 0.349 e. The Balaban J connectivity index is 0.00000242. The Bertz CT molecular complexity index is 548. The molecule has 0 bridgehead atoms. The minimum Gasteiger partial charge on any atom is -0.349 e. The lowest BCUT2D eigenvalue weighted by Crippen LogP contribution is -2.35. The third kappa shape index (κ3) is 5.16. The molecular formula is C15H21Cl2N3O2. The summed E-state index contributed by atoms with van der Waals surface area (Å²) < 4.78 is 0. The van der Waals surface area contributed by atoms with Gasteiger partial charge in [0, 0.05) is 11.7 Å². The number of nitrogens with one attached hydrogen (secondary N) is 2. The fraction of sp³-hybridized carbons (Fsp3) is 0.467. The first-order valence-corrected chi connectivity index (χ1v) is 7.56. The second-order valence-electron chi connectivity index (χ2n) is 5.33. The zero-order valence-corrected chi connectivity index (χ0v) is 14.0. The number of carbonyl (C=O) groups excluding carboxylic acids is 2. The topological polar surface area (TPSA) is 84.2 Å². The lowest BCUT2D eigenvalue weighted by molar-refractivity contribution is -0.117. The molecule has 1 unspecified atom stereocenters. The Kier molecular flexibility index (Phi) is 7.13. The van der Waals surface area contributed by atoms with Gasteiger partial charge in [0.15, 0.2) is 0 Å². The number of carbonyl (C=O) groups is 2. The number of halogens is 2. The maximum Gasteiger partial charge on any atom is 0.253 e. The summed E-state index contributed by atoms with van der Waals surface area (Å²) in [6.07, 6.45) is 3.47. The highest BCUT2D eigenvalue weighted by atomic mass is 35.5. The van der Waals surface area contributed by atoms with Gasteiger partial charge in [0.25, 0.3) is 5.91 Å². The number of nitrogens with two attached hydrogens (primary N) is 1. The van der Waals surface area contributed by atoms with E-state index in [1.54, 1.807) is 18.2 Å². The molecule has 2 rings (SSSR count). The quantitative estimate of drug-likeness (QED) is 0.740. The molecule has 4 N–H and O–H groups in total. The van der Waals surface area contributed by atoms with Crippen LogP contribution in [0.2, 0.25) is 5.02 Å². The van der Waals surface area contributed by atoms with Gasteiger partial charge in [0.05, 0.1) is 16.6 Å². The van der Waals surface area contributed by atoms with Crippen LogP contribution in [-0.2, 0) is 4.79 Å². The van der Waals surface area contributed by atoms with Crippen molar-refractivity contribution in [3.63, 3.8) is 0 Å². The van der Waals surface area contributed by atoms with E-state index in [1.807, 2.05) is 6.92 Å². The molecule has 1 fully saturated rings. The standard InChI is InChI=1S/C15H20ClN3O2.ClH/c1-2-3-13(17)15(21)19-10-6-7-12(16)11(8-10)14(20)18-9-4-5-9;/h6-9,13H,2-5,17H2,1H3,(H,18,20)(H,19,21);1H.